The van der Waals surface area contributed by atoms with Crippen molar-refractivity contribution in [3.63, 3.8) is 0 Å². The lowest BCUT2D eigenvalue weighted by molar-refractivity contribution is -0.121. The van der Waals surface area contributed by atoms with Crippen molar-refractivity contribution >= 4 is 46.0 Å². The van der Waals surface area contributed by atoms with Crippen LogP contribution >= 0.6 is 34.3 Å². The number of nitrogens with one attached hydrogen (secondary N) is 1. The molecule has 8 heteroatoms. The molecule has 140 valence electrons. The maximum Gasteiger partial charge on any atom is 0.220 e. The van der Waals surface area contributed by atoms with Crippen LogP contribution in [0.25, 0.3) is 0 Å². The van der Waals surface area contributed by atoms with E-state index in [2.05, 4.69) is 21.7 Å². The van der Waals surface area contributed by atoms with Crippen LogP contribution in [0.3, 0.4) is 0 Å². The quantitative estimate of drug-likeness (QED) is 0.673. The highest BCUT2D eigenvalue weighted by Crippen LogP contribution is 2.26. The molecule has 0 aromatic carbocycles. The monoisotopic (exact) mass is 412 g/mol. The van der Waals surface area contributed by atoms with Crippen LogP contribution in [0.4, 0.5) is 0 Å². The number of hydrogen-bond donors (Lipinski definition) is 1. The minimum atomic E-state index is -0.101. The first kappa shape index (κ1) is 19.5. The van der Waals surface area contributed by atoms with Crippen molar-refractivity contribution in [2.75, 3.05) is 32.8 Å². The number of morpholine rings is 1. The van der Waals surface area contributed by atoms with Gasteiger partial charge >= 0.3 is 0 Å². The van der Waals surface area contributed by atoms with Crippen LogP contribution in [0.2, 0.25) is 4.34 Å². The molecule has 5 nitrogen and oxygen atoms in total. The number of rotatable bonds is 8. The highest BCUT2D eigenvalue weighted by Gasteiger charge is 2.24. The van der Waals surface area contributed by atoms with E-state index in [9.17, 15) is 9.59 Å². The van der Waals surface area contributed by atoms with Gasteiger partial charge in [-0.25, -0.2) is 0 Å². The summed E-state index contributed by atoms with van der Waals surface area (Å²) in [6.07, 6.45) is 0.387. The molecule has 0 aliphatic carbocycles. The number of nitrogens with zero attached hydrogens (tertiary/aromatic N) is 1. The Hall–Kier alpha value is -1.25. The molecule has 1 saturated heterocycles. The Bertz CT molecular complexity index is 727. The number of ether oxygens (including phenoxy) is 1. The highest BCUT2D eigenvalue weighted by atomic mass is 35.5. The highest BCUT2D eigenvalue weighted by molar-refractivity contribution is 7.18. The second-order valence-corrected chi connectivity index (χ2v) is 8.70. The third-order valence-electron chi connectivity index (χ3n) is 4.28. The smallest absolute Gasteiger partial charge is 0.220 e. The predicted octanol–water partition coefficient (Wildman–Crippen LogP) is 3.62. The van der Waals surface area contributed by atoms with E-state index in [1.165, 1.54) is 16.2 Å². The summed E-state index contributed by atoms with van der Waals surface area (Å²) in [5.74, 6) is -0.143. The van der Waals surface area contributed by atoms with Crippen molar-refractivity contribution < 1.29 is 14.3 Å². The molecule has 1 fully saturated rings. The first-order valence-electron chi connectivity index (χ1n) is 8.54. The lowest BCUT2D eigenvalue weighted by atomic mass is 10.1. The van der Waals surface area contributed by atoms with Crippen LogP contribution in [0, 0.1) is 0 Å². The third kappa shape index (κ3) is 5.37. The van der Waals surface area contributed by atoms with E-state index in [0.717, 1.165) is 13.1 Å². The molecule has 0 radical (unpaired) electrons. The molecule has 2 aromatic rings. The van der Waals surface area contributed by atoms with Crippen LogP contribution in [0.15, 0.2) is 29.6 Å². The van der Waals surface area contributed by atoms with Gasteiger partial charge in [0.25, 0.3) is 0 Å². The van der Waals surface area contributed by atoms with Gasteiger partial charge in [0, 0.05) is 37.4 Å². The number of Topliss-reactive ketones (excluding diaryl/α,β-unsaturated/α-hetero) is 1. The minimum absolute atomic E-state index is 0.0416. The molecule has 26 heavy (non-hydrogen) atoms. The molecule has 3 rings (SSSR count). The third-order valence-corrected chi connectivity index (χ3v) is 6.52. The number of amides is 1. The Balaban J connectivity index is 1.50. The Morgan fingerprint density at radius 1 is 1.23 bits per heavy atom. The predicted molar refractivity (Wildman–Crippen MR) is 105 cm³/mol. The molecule has 0 saturated carbocycles. The summed E-state index contributed by atoms with van der Waals surface area (Å²) < 4.78 is 6.02. The van der Waals surface area contributed by atoms with Gasteiger partial charge in [-0.3, -0.25) is 14.5 Å². The molecule has 3 heterocycles. The first-order chi connectivity index (χ1) is 12.6. The second-order valence-electron chi connectivity index (χ2n) is 6.01. The summed E-state index contributed by atoms with van der Waals surface area (Å²) in [5.41, 5.74) is 0. The van der Waals surface area contributed by atoms with Gasteiger partial charge in [0.2, 0.25) is 5.91 Å². The maximum atomic E-state index is 12.2. The van der Waals surface area contributed by atoms with Gasteiger partial charge in [-0.15, -0.1) is 22.7 Å². The van der Waals surface area contributed by atoms with E-state index in [0.29, 0.717) is 29.0 Å². The molecular formula is C18H21ClN2O3S2. The van der Waals surface area contributed by atoms with Crippen molar-refractivity contribution in [1.29, 1.82) is 0 Å². The molecule has 1 aliphatic rings. The Kier molecular flexibility index (Phi) is 7.22. The molecule has 0 spiro atoms. The fraction of sp³-hybridized carbons (Fsp3) is 0.444. The van der Waals surface area contributed by atoms with E-state index >= 15 is 0 Å². The molecule has 1 aliphatic heterocycles. The number of ketones is 1. The maximum absolute atomic E-state index is 12.2. The molecule has 0 bridgehead atoms. The van der Waals surface area contributed by atoms with Crippen LogP contribution in [-0.2, 0) is 9.53 Å². The average Bonchev–Trinajstić information content (AvgIpc) is 3.33. The van der Waals surface area contributed by atoms with Gasteiger partial charge in [0.15, 0.2) is 5.78 Å². The van der Waals surface area contributed by atoms with Crippen molar-refractivity contribution in [3.8, 4) is 0 Å². The van der Waals surface area contributed by atoms with E-state index in [-0.39, 0.29) is 30.6 Å². The molecule has 1 N–H and O–H groups in total. The van der Waals surface area contributed by atoms with Gasteiger partial charge in [0.1, 0.15) is 0 Å². The SMILES string of the molecule is O=C(CCC(=O)c1ccc(Cl)s1)NC[C@@H](c1cccs1)N1CCOCC1. The number of carbonyl (C=O) groups excluding carboxylic acids is 2. The molecular weight excluding hydrogens is 392 g/mol. The van der Waals surface area contributed by atoms with E-state index < -0.39 is 0 Å². The fourth-order valence-electron chi connectivity index (χ4n) is 2.89. The van der Waals surface area contributed by atoms with Crippen LogP contribution in [-0.4, -0.2) is 49.4 Å². The van der Waals surface area contributed by atoms with E-state index in [1.807, 2.05) is 6.07 Å². The zero-order valence-corrected chi connectivity index (χ0v) is 16.7. The summed E-state index contributed by atoms with van der Waals surface area (Å²) in [6, 6.07) is 7.68. The topological polar surface area (TPSA) is 58.6 Å². The zero-order valence-electron chi connectivity index (χ0n) is 14.3. The molecule has 2 aromatic heterocycles. The summed E-state index contributed by atoms with van der Waals surface area (Å²) >= 11 is 8.79. The van der Waals surface area contributed by atoms with Crippen molar-refractivity contribution in [3.05, 3.63) is 43.7 Å². The fourth-order valence-corrected chi connectivity index (χ4v) is 4.76. The molecule has 1 amide bonds. The first-order valence-corrected chi connectivity index (χ1v) is 10.6. The largest absolute Gasteiger partial charge is 0.379 e. The van der Waals surface area contributed by atoms with Crippen LogP contribution < -0.4 is 5.32 Å². The number of hydrogen-bond acceptors (Lipinski definition) is 6. The van der Waals surface area contributed by atoms with Gasteiger partial charge in [-0.1, -0.05) is 17.7 Å². The van der Waals surface area contributed by atoms with Crippen molar-refractivity contribution in [1.82, 2.24) is 10.2 Å². The minimum Gasteiger partial charge on any atom is -0.379 e. The molecule has 0 unspecified atom stereocenters. The lowest BCUT2D eigenvalue weighted by Crippen LogP contribution is -2.43. The standard InChI is InChI=1S/C18H21ClN2O3S2/c19-17-5-4-16(26-17)14(22)3-6-18(23)20-12-13(15-2-1-11-25-15)21-7-9-24-10-8-21/h1-2,4-5,11,13H,3,6-10,12H2,(H,20,23)/t13-/m0/s1. The summed E-state index contributed by atoms with van der Waals surface area (Å²) in [6.45, 7) is 3.69. The van der Waals surface area contributed by atoms with Crippen molar-refractivity contribution in [2.24, 2.45) is 0 Å². The summed E-state index contributed by atoms with van der Waals surface area (Å²) in [4.78, 5) is 28.5. The van der Waals surface area contributed by atoms with Crippen LogP contribution in [0.5, 0.6) is 0 Å². The van der Waals surface area contributed by atoms with Crippen LogP contribution in [0.1, 0.15) is 33.4 Å². The van der Waals surface area contributed by atoms with Gasteiger partial charge in [0.05, 0.1) is 28.5 Å². The molecule has 1 atom stereocenters. The van der Waals surface area contributed by atoms with Gasteiger partial charge < -0.3 is 10.1 Å². The normalized spacial score (nSPS) is 16.3. The van der Waals surface area contributed by atoms with E-state index in [4.69, 9.17) is 16.3 Å². The second kappa shape index (κ2) is 9.62. The average molecular weight is 413 g/mol. The number of halogens is 1. The van der Waals surface area contributed by atoms with Gasteiger partial charge in [-0.2, -0.15) is 0 Å². The lowest BCUT2D eigenvalue weighted by Gasteiger charge is -2.34. The zero-order chi connectivity index (χ0) is 18.4. The number of thiophene rings is 2. The van der Waals surface area contributed by atoms with Crippen molar-refractivity contribution in [2.45, 2.75) is 18.9 Å². The Morgan fingerprint density at radius 3 is 2.69 bits per heavy atom. The Morgan fingerprint density at radius 2 is 2.04 bits per heavy atom. The summed E-state index contributed by atoms with van der Waals surface area (Å²) in [5, 5.41) is 5.04. The van der Waals surface area contributed by atoms with E-state index in [1.54, 1.807) is 23.5 Å². The Labute approximate surface area is 165 Å². The van der Waals surface area contributed by atoms with Gasteiger partial charge in [-0.05, 0) is 23.6 Å². The summed E-state index contributed by atoms with van der Waals surface area (Å²) in [7, 11) is 0. The number of carbonyl (C=O) groups is 2.